The van der Waals surface area contributed by atoms with E-state index in [4.69, 9.17) is 0 Å². The van der Waals surface area contributed by atoms with Gasteiger partial charge in [-0.15, -0.1) is 0 Å². The molecule has 6 nitrogen and oxygen atoms in total. The van der Waals surface area contributed by atoms with Crippen molar-refractivity contribution >= 4 is 28.3 Å². The maximum Gasteiger partial charge on any atom is 0.303 e. The highest BCUT2D eigenvalue weighted by molar-refractivity contribution is 6.10. The molecule has 1 atom stereocenters. The summed E-state index contributed by atoms with van der Waals surface area (Å²) in [6.45, 7) is 5.31. The van der Waals surface area contributed by atoms with Crippen LogP contribution in [0.2, 0.25) is 0 Å². The van der Waals surface area contributed by atoms with Gasteiger partial charge in [-0.3, -0.25) is 4.79 Å². The second kappa shape index (κ2) is 8.41. The van der Waals surface area contributed by atoms with E-state index >= 15 is 4.39 Å². The number of aliphatic hydroxyl groups is 1. The van der Waals surface area contributed by atoms with Crippen LogP contribution >= 0.6 is 0 Å². The summed E-state index contributed by atoms with van der Waals surface area (Å²) >= 11 is 0. The van der Waals surface area contributed by atoms with E-state index in [1.165, 1.54) is 12.1 Å². The average molecular weight is 513 g/mol. The van der Waals surface area contributed by atoms with Crippen molar-refractivity contribution < 1.29 is 23.1 Å². The molecule has 2 aliphatic rings. The minimum absolute atomic E-state index is 0.0224. The van der Waals surface area contributed by atoms with E-state index in [1.807, 2.05) is 12.1 Å². The Labute approximate surface area is 213 Å². The Bertz CT molecular complexity index is 1410. The summed E-state index contributed by atoms with van der Waals surface area (Å²) in [6, 6.07) is 6.91. The monoisotopic (exact) mass is 512 g/mol. The number of anilines is 2. The number of likely N-dealkylation sites (N-methyl/N-ethyl adjacent to an activating group) is 1. The number of aromatic nitrogens is 2. The van der Waals surface area contributed by atoms with Crippen LogP contribution in [-0.4, -0.2) is 33.6 Å². The second-order valence-electron chi connectivity index (χ2n) is 10.9. The molecule has 196 valence electrons. The lowest BCUT2D eigenvalue weighted by atomic mass is 9.79. The van der Waals surface area contributed by atoms with Gasteiger partial charge >= 0.3 is 5.92 Å². The number of alkyl halides is 2. The lowest BCUT2D eigenvalue weighted by Crippen LogP contribution is -2.41. The number of nitrogens with one attached hydrogen (secondary N) is 1. The average Bonchev–Trinajstić information content (AvgIpc) is 3.38. The molecule has 0 saturated heterocycles. The standard InChI is InChI=1S/C28H31F3N4O2/c1-15(17-9-8-10-19(23(17)29)28(30,31)26(3,4)37)32-24-18-13-20-22(14-21(18)33-16(2)34-24)35(5)25(36)27(20)11-6-7-12-27/h8-10,13-15,37H,6-7,11-12H2,1-5H3,(H,32,33,34)/t15-/m1/s1. The topological polar surface area (TPSA) is 78.4 Å². The summed E-state index contributed by atoms with van der Waals surface area (Å²) in [4.78, 5) is 24.1. The minimum atomic E-state index is -3.79. The molecule has 2 aromatic carbocycles. The summed E-state index contributed by atoms with van der Waals surface area (Å²) in [6.07, 6.45) is 3.53. The molecule has 1 fully saturated rings. The quantitative estimate of drug-likeness (QED) is 0.445. The van der Waals surface area contributed by atoms with Crippen molar-refractivity contribution in [2.75, 3.05) is 17.3 Å². The van der Waals surface area contributed by atoms with Gasteiger partial charge in [0.15, 0.2) is 0 Å². The van der Waals surface area contributed by atoms with E-state index in [0.29, 0.717) is 22.5 Å². The Balaban J connectivity index is 1.58. The number of hydrogen-bond acceptors (Lipinski definition) is 5. The van der Waals surface area contributed by atoms with E-state index in [1.54, 1.807) is 25.8 Å². The highest BCUT2D eigenvalue weighted by Crippen LogP contribution is 2.52. The molecule has 3 aromatic rings. The summed E-state index contributed by atoms with van der Waals surface area (Å²) in [5.41, 5.74) is -1.40. The fraction of sp³-hybridized carbons (Fsp3) is 0.464. The van der Waals surface area contributed by atoms with E-state index in [2.05, 4.69) is 15.3 Å². The molecule has 0 unspecified atom stereocenters. The van der Waals surface area contributed by atoms with E-state index in [0.717, 1.165) is 56.8 Å². The van der Waals surface area contributed by atoms with Crippen LogP contribution in [0.3, 0.4) is 0 Å². The van der Waals surface area contributed by atoms with E-state index < -0.39 is 34.4 Å². The number of aryl methyl sites for hydroxylation is 1. The van der Waals surface area contributed by atoms with Gasteiger partial charge in [0.2, 0.25) is 5.91 Å². The fourth-order valence-electron chi connectivity index (χ4n) is 5.80. The van der Waals surface area contributed by atoms with Crippen molar-refractivity contribution in [3.8, 4) is 0 Å². The van der Waals surface area contributed by atoms with Crippen molar-refractivity contribution in [3.05, 3.63) is 58.7 Å². The first-order valence-electron chi connectivity index (χ1n) is 12.5. The third kappa shape index (κ3) is 3.77. The molecule has 9 heteroatoms. The van der Waals surface area contributed by atoms with Crippen LogP contribution in [0.25, 0.3) is 10.9 Å². The summed E-state index contributed by atoms with van der Waals surface area (Å²) in [7, 11) is 1.79. The fourth-order valence-corrected chi connectivity index (χ4v) is 5.80. The molecular weight excluding hydrogens is 481 g/mol. The first kappa shape index (κ1) is 25.4. The first-order valence-corrected chi connectivity index (χ1v) is 12.5. The molecule has 2 N–H and O–H groups in total. The van der Waals surface area contributed by atoms with Crippen LogP contribution < -0.4 is 10.2 Å². The molecule has 1 aliphatic heterocycles. The molecule has 1 aliphatic carbocycles. The summed E-state index contributed by atoms with van der Waals surface area (Å²) in [5, 5.41) is 13.8. The molecule has 1 spiro atoms. The molecule has 1 aromatic heterocycles. The van der Waals surface area contributed by atoms with Crippen molar-refractivity contribution in [2.24, 2.45) is 0 Å². The normalized spacial score (nSPS) is 18.1. The third-order valence-corrected chi connectivity index (χ3v) is 7.93. The SMILES string of the molecule is Cc1nc(N[C@H](C)c2cccc(C(F)(F)C(C)(C)O)c2F)c2cc3c(cc2n1)N(C)C(=O)C31CCCC1. The van der Waals surface area contributed by atoms with Gasteiger partial charge in [0, 0.05) is 23.7 Å². The number of fused-ring (bicyclic) bond motifs is 3. The molecule has 0 bridgehead atoms. The van der Waals surface area contributed by atoms with Gasteiger partial charge in [0.25, 0.3) is 0 Å². The number of rotatable bonds is 5. The van der Waals surface area contributed by atoms with Gasteiger partial charge in [0.05, 0.1) is 22.5 Å². The number of carbonyl (C=O) groups excluding carboxylic acids is 1. The Kier molecular flexibility index (Phi) is 5.78. The zero-order valence-corrected chi connectivity index (χ0v) is 21.6. The predicted molar refractivity (Wildman–Crippen MR) is 136 cm³/mol. The number of benzene rings is 2. The van der Waals surface area contributed by atoms with Crippen LogP contribution in [-0.2, 0) is 16.1 Å². The van der Waals surface area contributed by atoms with Gasteiger partial charge in [-0.25, -0.2) is 14.4 Å². The highest BCUT2D eigenvalue weighted by atomic mass is 19.3. The zero-order valence-electron chi connectivity index (χ0n) is 21.6. The number of carbonyl (C=O) groups is 1. The lowest BCUT2D eigenvalue weighted by Gasteiger charge is -2.30. The van der Waals surface area contributed by atoms with Crippen LogP contribution in [0.15, 0.2) is 30.3 Å². The number of hydrogen-bond donors (Lipinski definition) is 2. The Morgan fingerprint density at radius 3 is 2.49 bits per heavy atom. The van der Waals surface area contributed by atoms with Crippen LogP contribution in [0.1, 0.15) is 75.0 Å². The summed E-state index contributed by atoms with van der Waals surface area (Å²) < 4.78 is 45.1. The molecule has 37 heavy (non-hydrogen) atoms. The van der Waals surface area contributed by atoms with Gasteiger partial charge in [-0.2, -0.15) is 8.78 Å². The number of nitrogens with zero attached hydrogens (tertiary/aromatic N) is 3. The maximum absolute atomic E-state index is 15.4. The maximum atomic E-state index is 15.4. The van der Waals surface area contributed by atoms with Gasteiger partial charge < -0.3 is 15.3 Å². The number of halogens is 3. The molecule has 1 saturated carbocycles. The minimum Gasteiger partial charge on any atom is -0.384 e. The Hall–Kier alpha value is -3.20. The van der Waals surface area contributed by atoms with Crippen molar-refractivity contribution in [1.29, 1.82) is 0 Å². The van der Waals surface area contributed by atoms with Gasteiger partial charge in [-0.05, 0) is 64.3 Å². The van der Waals surface area contributed by atoms with Crippen molar-refractivity contribution in [1.82, 2.24) is 9.97 Å². The smallest absolute Gasteiger partial charge is 0.303 e. The third-order valence-electron chi connectivity index (χ3n) is 7.93. The first-order chi connectivity index (χ1) is 17.3. The van der Waals surface area contributed by atoms with E-state index in [-0.39, 0.29) is 11.5 Å². The van der Waals surface area contributed by atoms with Crippen molar-refractivity contribution in [3.63, 3.8) is 0 Å². The molecule has 0 radical (unpaired) electrons. The highest BCUT2D eigenvalue weighted by Gasteiger charge is 2.51. The molecule has 5 rings (SSSR count). The largest absolute Gasteiger partial charge is 0.384 e. The van der Waals surface area contributed by atoms with Gasteiger partial charge in [0.1, 0.15) is 23.1 Å². The predicted octanol–water partition coefficient (Wildman–Crippen LogP) is 5.90. The lowest BCUT2D eigenvalue weighted by molar-refractivity contribution is -0.170. The van der Waals surface area contributed by atoms with Crippen LogP contribution in [0.4, 0.5) is 24.7 Å². The Morgan fingerprint density at radius 2 is 1.84 bits per heavy atom. The zero-order chi connectivity index (χ0) is 26.9. The number of amides is 1. The van der Waals surface area contributed by atoms with E-state index in [9.17, 15) is 18.7 Å². The van der Waals surface area contributed by atoms with Crippen LogP contribution in [0.5, 0.6) is 0 Å². The molecular formula is C28H31F3N4O2. The van der Waals surface area contributed by atoms with Crippen molar-refractivity contribution in [2.45, 2.75) is 76.4 Å². The van der Waals surface area contributed by atoms with Gasteiger partial charge in [-0.1, -0.05) is 25.0 Å². The Morgan fingerprint density at radius 1 is 1.16 bits per heavy atom. The second-order valence-corrected chi connectivity index (χ2v) is 10.9. The van der Waals surface area contributed by atoms with Crippen LogP contribution in [0, 0.1) is 12.7 Å². The summed E-state index contributed by atoms with van der Waals surface area (Å²) in [5.74, 6) is -3.86. The molecule has 1 amide bonds. The molecule has 2 heterocycles.